The van der Waals surface area contributed by atoms with E-state index in [9.17, 15) is 8.78 Å². The van der Waals surface area contributed by atoms with Crippen molar-refractivity contribution in [1.29, 1.82) is 0 Å². The lowest BCUT2D eigenvalue weighted by atomic mass is 9.87. The maximum Gasteiger partial charge on any atom is 0.162 e. The van der Waals surface area contributed by atoms with Gasteiger partial charge >= 0.3 is 0 Å². The zero-order valence-electron chi connectivity index (χ0n) is 10.4. The van der Waals surface area contributed by atoms with Crippen LogP contribution in [-0.2, 0) is 0 Å². The van der Waals surface area contributed by atoms with E-state index >= 15 is 0 Å². The highest BCUT2D eigenvalue weighted by Gasteiger charge is 2.22. The van der Waals surface area contributed by atoms with Crippen LogP contribution in [0, 0.1) is 11.6 Å². The average Bonchev–Trinajstić information content (AvgIpc) is 2.33. The van der Waals surface area contributed by atoms with Crippen LogP contribution in [0.4, 0.5) is 8.78 Å². The van der Waals surface area contributed by atoms with Crippen LogP contribution in [0.25, 0.3) is 0 Å². The SMILES string of the molecule is CC(C)c1cc(F)c(F)c(C2CCNCC2)c1. The third-order valence-corrected chi connectivity index (χ3v) is 3.52. The third-order valence-electron chi connectivity index (χ3n) is 3.52. The highest BCUT2D eigenvalue weighted by molar-refractivity contribution is 5.31. The molecule has 0 amide bonds. The summed E-state index contributed by atoms with van der Waals surface area (Å²) in [6.45, 7) is 5.77. The van der Waals surface area contributed by atoms with Crippen LogP contribution < -0.4 is 5.32 Å². The van der Waals surface area contributed by atoms with E-state index in [1.807, 2.05) is 19.9 Å². The van der Waals surface area contributed by atoms with E-state index in [0.717, 1.165) is 31.5 Å². The van der Waals surface area contributed by atoms with Crippen molar-refractivity contribution in [3.8, 4) is 0 Å². The standard InChI is InChI=1S/C14H19F2N/c1-9(2)11-7-12(14(16)13(15)8-11)10-3-5-17-6-4-10/h7-10,17H,3-6H2,1-2H3. The molecular weight excluding hydrogens is 220 g/mol. The van der Waals surface area contributed by atoms with Crippen LogP contribution >= 0.6 is 0 Å². The monoisotopic (exact) mass is 239 g/mol. The highest BCUT2D eigenvalue weighted by atomic mass is 19.2. The highest BCUT2D eigenvalue weighted by Crippen LogP contribution is 2.31. The molecule has 1 aromatic carbocycles. The maximum atomic E-state index is 13.8. The first-order chi connectivity index (χ1) is 8.09. The topological polar surface area (TPSA) is 12.0 Å². The van der Waals surface area contributed by atoms with Crippen molar-refractivity contribution in [1.82, 2.24) is 5.32 Å². The van der Waals surface area contributed by atoms with Crippen molar-refractivity contribution in [3.05, 3.63) is 34.9 Å². The van der Waals surface area contributed by atoms with E-state index in [4.69, 9.17) is 0 Å². The molecule has 1 saturated heterocycles. The van der Waals surface area contributed by atoms with Crippen molar-refractivity contribution < 1.29 is 8.78 Å². The molecule has 0 saturated carbocycles. The molecule has 1 aliphatic rings. The van der Waals surface area contributed by atoms with Gasteiger partial charge in [-0.1, -0.05) is 19.9 Å². The summed E-state index contributed by atoms with van der Waals surface area (Å²) in [7, 11) is 0. The van der Waals surface area contributed by atoms with Crippen LogP contribution in [0.3, 0.4) is 0 Å². The molecule has 94 valence electrons. The maximum absolute atomic E-state index is 13.8. The van der Waals surface area contributed by atoms with E-state index in [1.165, 1.54) is 6.07 Å². The number of hydrogen-bond acceptors (Lipinski definition) is 1. The molecule has 2 rings (SSSR count). The van der Waals surface area contributed by atoms with Gasteiger partial charge in [0.15, 0.2) is 11.6 Å². The normalized spacial score (nSPS) is 17.7. The van der Waals surface area contributed by atoms with Gasteiger partial charge in [0.25, 0.3) is 0 Å². The van der Waals surface area contributed by atoms with Gasteiger partial charge in [-0.25, -0.2) is 8.78 Å². The van der Waals surface area contributed by atoms with Crippen molar-refractivity contribution >= 4 is 0 Å². The Bertz CT molecular complexity index is 395. The lowest BCUT2D eigenvalue weighted by Crippen LogP contribution is -2.27. The molecule has 0 unspecified atom stereocenters. The van der Waals surface area contributed by atoms with E-state index in [-0.39, 0.29) is 11.8 Å². The summed E-state index contributed by atoms with van der Waals surface area (Å²) in [5, 5.41) is 3.24. The Balaban J connectivity index is 2.36. The fraction of sp³-hybridized carbons (Fsp3) is 0.571. The van der Waals surface area contributed by atoms with Gasteiger partial charge in [-0.2, -0.15) is 0 Å². The predicted molar refractivity (Wildman–Crippen MR) is 65.3 cm³/mol. The second kappa shape index (κ2) is 5.13. The molecule has 0 spiro atoms. The Kier molecular flexibility index (Phi) is 3.77. The van der Waals surface area contributed by atoms with Crippen LogP contribution in [0.2, 0.25) is 0 Å². The number of piperidine rings is 1. The number of benzene rings is 1. The van der Waals surface area contributed by atoms with Gasteiger partial charge in [0.1, 0.15) is 0 Å². The molecule has 17 heavy (non-hydrogen) atoms. The molecule has 1 fully saturated rings. The number of nitrogens with one attached hydrogen (secondary N) is 1. The molecule has 1 nitrogen and oxygen atoms in total. The zero-order valence-corrected chi connectivity index (χ0v) is 10.4. The van der Waals surface area contributed by atoms with Crippen molar-refractivity contribution in [2.45, 2.75) is 38.5 Å². The molecule has 1 aromatic rings. The summed E-state index contributed by atoms with van der Waals surface area (Å²) in [5.74, 6) is -0.971. The van der Waals surface area contributed by atoms with Gasteiger partial charge in [0, 0.05) is 0 Å². The molecule has 0 bridgehead atoms. The summed E-state index contributed by atoms with van der Waals surface area (Å²) < 4.78 is 27.4. The lowest BCUT2D eigenvalue weighted by molar-refractivity contribution is 0.428. The molecule has 0 aromatic heterocycles. The Labute approximate surface area is 101 Å². The Morgan fingerprint density at radius 3 is 2.41 bits per heavy atom. The molecular formula is C14H19F2N. The van der Waals surface area contributed by atoms with Gasteiger partial charge in [-0.15, -0.1) is 0 Å². The lowest BCUT2D eigenvalue weighted by Gasteiger charge is -2.24. The first kappa shape index (κ1) is 12.5. The smallest absolute Gasteiger partial charge is 0.162 e. The molecule has 1 aliphatic heterocycles. The number of hydrogen-bond donors (Lipinski definition) is 1. The van der Waals surface area contributed by atoms with Crippen LogP contribution in [0.15, 0.2) is 12.1 Å². The minimum atomic E-state index is -0.704. The molecule has 1 heterocycles. The quantitative estimate of drug-likeness (QED) is 0.832. The molecule has 3 heteroatoms. The molecule has 0 atom stereocenters. The third kappa shape index (κ3) is 2.65. The number of rotatable bonds is 2. The summed E-state index contributed by atoms with van der Waals surface area (Å²) >= 11 is 0. The van der Waals surface area contributed by atoms with E-state index in [1.54, 1.807) is 0 Å². The summed E-state index contributed by atoms with van der Waals surface area (Å²) in [5.41, 5.74) is 1.45. The Morgan fingerprint density at radius 2 is 1.82 bits per heavy atom. The van der Waals surface area contributed by atoms with Crippen molar-refractivity contribution in [2.24, 2.45) is 0 Å². The largest absolute Gasteiger partial charge is 0.317 e. The fourth-order valence-electron chi connectivity index (χ4n) is 2.40. The number of halogens is 2. The average molecular weight is 239 g/mol. The van der Waals surface area contributed by atoms with Gasteiger partial charge in [-0.05, 0) is 55.0 Å². The van der Waals surface area contributed by atoms with Gasteiger partial charge in [-0.3, -0.25) is 0 Å². The molecule has 0 radical (unpaired) electrons. The molecule has 1 N–H and O–H groups in total. The van der Waals surface area contributed by atoms with Gasteiger partial charge in [0.2, 0.25) is 0 Å². The first-order valence-corrected chi connectivity index (χ1v) is 6.29. The second-order valence-corrected chi connectivity index (χ2v) is 5.08. The summed E-state index contributed by atoms with van der Waals surface area (Å²) in [6.07, 6.45) is 1.77. The minimum absolute atomic E-state index is 0.157. The minimum Gasteiger partial charge on any atom is -0.317 e. The van der Waals surface area contributed by atoms with Crippen molar-refractivity contribution in [3.63, 3.8) is 0 Å². The van der Waals surface area contributed by atoms with E-state index < -0.39 is 11.6 Å². The van der Waals surface area contributed by atoms with Gasteiger partial charge in [0.05, 0.1) is 0 Å². The van der Waals surface area contributed by atoms with Crippen LogP contribution in [-0.4, -0.2) is 13.1 Å². The molecule has 0 aliphatic carbocycles. The van der Waals surface area contributed by atoms with Crippen LogP contribution in [0.1, 0.15) is 49.7 Å². The van der Waals surface area contributed by atoms with Gasteiger partial charge < -0.3 is 5.32 Å². The second-order valence-electron chi connectivity index (χ2n) is 5.08. The summed E-state index contributed by atoms with van der Waals surface area (Å²) in [4.78, 5) is 0. The van der Waals surface area contributed by atoms with E-state index in [2.05, 4.69) is 5.32 Å². The fourth-order valence-corrected chi connectivity index (χ4v) is 2.40. The van der Waals surface area contributed by atoms with E-state index in [0.29, 0.717) is 5.56 Å². The Hall–Kier alpha value is -0.960. The zero-order chi connectivity index (χ0) is 12.4. The Morgan fingerprint density at radius 1 is 1.18 bits per heavy atom. The first-order valence-electron chi connectivity index (χ1n) is 6.29. The van der Waals surface area contributed by atoms with Crippen molar-refractivity contribution in [2.75, 3.05) is 13.1 Å². The predicted octanol–water partition coefficient (Wildman–Crippen LogP) is 3.56. The summed E-state index contributed by atoms with van der Waals surface area (Å²) in [6, 6.07) is 3.17. The van der Waals surface area contributed by atoms with Crippen LogP contribution in [0.5, 0.6) is 0 Å².